The molecule has 1 heterocycles. The second-order valence-corrected chi connectivity index (χ2v) is 3.00. The van der Waals surface area contributed by atoms with Gasteiger partial charge in [-0.3, -0.25) is 4.98 Å². The summed E-state index contributed by atoms with van der Waals surface area (Å²) in [5.74, 6) is -4.12. The molecule has 1 aromatic heterocycles. The van der Waals surface area contributed by atoms with Gasteiger partial charge in [-0.1, -0.05) is 0 Å². The molecule has 0 amide bonds. The van der Waals surface area contributed by atoms with Crippen LogP contribution in [-0.4, -0.2) is 10.1 Å². The maximum absolute atomic E-state index is 13.3. The van der Waals surface area contributed by atoms with E-state index in [1.54, 1.807) is 0 Å². The number of benzene rings is 1. The number of aliphatic hydroxyl groups is 1. The van der Waals surface area contributed by atoms with E-state index in [1.165, 1.54) is 12.3 Å². The van der Waals surface area contributed by atoms with Crippen LogP contribution >= 0.6 is 0 Å². The van der Waals surface area contributed by atoms with Crippen LogP contribution in [0.25, 0.3) is 10.8 Å². The lowest BCUT2D eigenvalue weighted by Crippen LogP contribution is -1.98. The van der Waals surface area contributed by atoms with E-state index in [9.17, 15) is 13.2 Å². The van der Waals surface area contributed by atoms with Gasteiger partial charge in [-0.25, -0.2) is 13.2 Å². The lowest BCUT2D eigenvalue weighted by Gasteiger charge is -2.05. The van der Waals surface area contributed by atoms with E-state index >= 15 is 0 Å². The van der Waals surface area contributed by atoms with Crippen LogP contribution < -0.4 is 0 Å². The van der Waals surface area contributed by atoms with Crippen molar-refractivity contribution in [3.05, 3.63) is 41.5 Å². The predicted octanol–water partition coefficient (Wildman–Crippen LogP) is 2.14. The third-order valence-electron chi connectivity index (χ3n) is 2.12. The summed E-state index contributed by atoms with van der Waals surface area (Å²) in [6, 6.07) is 2.22. The van der Waals surface area contributed by atoms with Crippen molar-refractivity contribution in [2.24, 2.45) is 0 Å². The molecule has 0 saturated heterocycles. The second-order valence-electron chi connectivity index (χ2n) is 3.00. The minimum absolute atomic E-state index is 0.0103. The monoisotopic (exact) mass is 213 g/mol. The van der Waals surface area contributed by atoms with Gasteiger partial charge in [-0.15, -0.1) is 0 Å². The molecule has 0 aliphatic heterocycles. The summed E-state index contributed by atoms with van der Waals surface area (Å²) in [4.78, 5) is 3.68. The molecular formula is C10H6F3NO. The number of aliphatic hydroxyl groups excluding tert-OH is 1. The van der Waals surface area contributed by atoms with Crippen molar-refractivity contribution in [1.82, 2.24) is 4.98 Å². The topological polar surface area (TPSA) is 33.1 Å². The van der Waals surface area contributed by atoms with Crippen molar-refractivity contribution in [2.45, 2.75) is 6.61 Å². The van der Waals surface area contributed by atoms with Gasteiger partial charge < -0.3 is 5.11 Å². The Labute approximate surface area is 83.0 Å². The van der Waals surface area contributed by atoms with Crippen LogP contribution in [0.4, 0.5) is 13.2 Å². The zero-order chi connectivity index (χ0) is 11.0. The van der Waals surface area contributed by atoms with Crippen LogP contribution in [0.2, 0.25) is 0 Å². The molecule has 15 heavy (non-hydrogen) atoms. The summed E-state index contributed by atoms with van der Waals surface area (Å²) >= 11 is 0. The molecule has 2 aromatic rings. The van der Waals surface area contributed by atoms with Crippen molar-refractivity contribution in [1.29, 1.82) is 0 Å². The van der Waals surface area contributed by atoms with Crippen LogP contribution in [0.5, 0.6) is 0 Å². The van der Waals surface area contributed by atoms with Crippen molar-refractivity contribution in [3.63, 3.8) is 0 Å². The van der Waals surface area contributed by atoms with Gasteiger partial charge >= 0.3 is 0 Å². The lowest BCUT2D eigenvalue weighted by molar-refractivity contribution is 0.278. The number of aromatic nitrogens is 1. The van der Waals surface area contributed by atoms with Gasteiger partial charge in [0.05, 0.1) is 12.3 Å². The largest absolute Gasteiger partial charge is 0.390 e. The first-order valence-corrected chi connectivity index (χ1v) is 4.17. The van der Waals surface area contributed by atoms with Crippen molar-refractivity contribution in [3.8, 4) is 0 Å². The minimum Gasteiger partial charge on any atom is -0.390 e. The van der Waals surface area contributed by atoms with Gasteiger partial charge in [0.2, 0.25) is 0 Å². The van der Waals surface area contributed by atoms with Crippen LogP contribution in [0.1, 0.15) is 5.69 Å². The Morgan fingerprint density at radius 1 is 1.20 bits per heavy atom. The van der Waals surface area contributed by atoms with Gasteiger partial charge in [0.1, 0.15) is 0 Å². The summed E-state index contributed by atoms with van der Waals surface area (Å²) < 4.78 is 39.1. The molecule has 5 heteroatoms. The number of pyridine rings is 1. The van der Waals surface area contributed by atoms with Gasteiger partial charge in [0.25, 0.3) is 0 Å². The zero-order valence-electron chi connectivity index (χ0n) is 7.47. The minimum atomic E-state index is -1.55. The molecule has 0 spiro atoms. The average Bonchev–Trinajstić information content (AvgIpc) is 2.25. The van der Waals surface area contributed by atoms with Crippen molar-refractivity contribution in [2.75, 3.05) is 0 Å². The SMILES string of the molecule is OCc1nccc2cc(F)c(F)c(F)c12. The number of hydrogen-bond acceptors (Lipinski definition) is 2. The van der Waals surface area contributed by atoms with Crippen molar-refractivity contribution >= 4 is 10.8 Å². The molecular weight excluding hydrogens is 207 g/mol. The highest BCUT2D eigenvalue weighted by Crippen LogP contribution is 2.24. The smallest absolute Gasteiger partial charge is 0.195 e. The van der Waals surface area contributed by atoms with E-state index in [0.29, 0.717) is 0 Å². The van der Waals surface area contributed by atoms with Crippen molar-refractivity contribution < 1.29 is 18.3 Å². The van der Waals surface area contributed by atoms with E-state index in [2.05, 4.69) is 4.98 Å². The van der Waals surface area contributed by atoms with E-state index in [1.807, 2.05) is 0 Å². The van der Waals surface area contributed by atoms with E-state index in [4.69, 9.17) is 5.11 Å². The molecule has 2 rings (SSSR count). The number of hydrogen-bond donors (Lipinski definition) is 1. The molecule has 0 radical (unpaired) electrons. The van der Waals surface area contributed by atoms with Gasteiger partial charge in [0, 0.05) is 11.6 Å². The van der Waals surface area contributed by atoms with Gasteiger partial charge in [-0.05, 0) is 17.5 Å². The van der Waals surface area contributed by atoms with E-state index < -0.39 is 24.1 Å². The summed E-state index contributed by atoms with van der Waals surface area (Å²) in [5, 5.41) is 8.87. The number of halogens is 3. The molecule has 0 aliphatic carbocycles. The fourth-order valence-corrected chi connectivity index (χ4v) is 1.43. The fourth-order valence-electron chi connectivity index (χ4n) is 1.43. The molecule has 1 aromatic carbocycles. The summed E-state index contributed by atoms with van der Waals surface area (Å²) in [5.41, 5.74) is -0.0103. The maximum atomic E-state index is 13.3. The first-order chi connectivity index (χ1) is 7.15. The molecule has 78 valence electrons. The standard InChI is InChI=1S/C10H6F3NO/c11-6-3-5-1-2-14-7(4-15)8(5)10(13)9(6)12/h1-3,15H,4H2. The molecule has 0 fully saturated rings. The van der Waals surface area contributed by atoms with Crippen LogP contribution in [0.3, 0.4) is 0 Å². The van der Waals surface area contributed by atoms with Crippen LogP contribution in [0, 0.1) is 17.5 Å². The fraction of sp³-hybridized carbons (Fsp3) is 0.100. The van der Waals surface area contributed by atoms with Crippen LogP contribution in [-0.2, 0) is 6.61 Å². The first kappa shape index (κ1) is 9.92. The maximum Gasteiger partial charge on any atom is 0.195 e. The summed E-state index contributed by atoms with van der Waals surface area (Å²) in [6.07, 6.45) is 1.30. The van der Waals surface area contributed by atoms with Gasteiger partial charge in [0.15, 0.2) is 17.5 Å². The summed E-state index contributed by atoms with van der Waals surface area (Å²) in [6.45, 7) is -0.528. The molecule has 1 N–H and O–H groups in total. The highest BCUT2D eigenvalue weighted by molar-refractivity contribution is 5.85. The Hall–Kier alpha value is -1.62. The third-order valence-corrected chi connectivity index (χ3v) is 2.12. The van der Waals surface area contributed by atoms with Crippen LogP contribution in [0.15, 0.2) is 18.3 Å². The lowest BCUT2D eigenvalue weighted by atomic mass is 10.1. The number of nitrogens with zero attached hydrogens (tertiary/aromatic N) is 1. The third kappa shape index (κ3) is 1.45. The predicted molar refractivity (Wildman–Crippen MR) is 47.5 cm³/mol. The first-order valence-electron chi connectivity index (χ1n) is 4.17. The second kappa shape index (κ2) is 3.51. The Morgan fingerprint density at radius 3 is 2.60 bits per heavy atom. The quantitative estimate of drug-likeness (QED) is 0.736. The Balaban J connectivity index is 2.93. The zero-order valence-corrected chi connectivity index (χ0v) is 7.47. The molecule has 0 atom stereocenters. The molecule has 2 nitrogen and oxygen atoms in total. The molecule has 0 unspecified atom stereocenters. The Bertz CT molecular complexity index is 528. The highest BCUT2D eigenvalue weighted by atomic mass is 19.2. The summed E-state index contributed by atoms with van der Waals surface area (Å²) in [7, 11) is 0. The number of rotatable bonds is 1. The highest BCUT2D eigenvalue weighted by Gasteiger charge is 2.16. The van der Waals surface area contributed by atoms with Gasteiger partial charge in [-0.2, -0.15) is 0 Å². The van der Waals surface area contributed by atoms with E-state index in [-0.39, 0.29) is 16.5 Å². The van der Waals surface area contributed by atoms with E-state index in [0.717, 1.165) is 6.07 Å². The molecule has 0 bridgehead atoms. The number of fused-ring (bicyclic) bond motifs is 1. The Morgan fingerprint density at radius 2 is 1.93 bits per heavy atom. The normalized spacial score (nSPS) is 10.9. The molecule has 0 aliphatic rings. The Kier molecular flexibility index (Phi) is 2.32. The average molecular weight is 213 g/mol. The molecule has 0 saturated carbocycles.